The minimum absolute atomic E-state index is 0. The molecule has 0 atom stereocenters. The summed E-state index contributed by atoms with van der Waals surface area (Å²) in [6.45, 7) is 9.49. The van der Waals surface area contributed by atoms with Gasteiger partial charge in [0.1, 0.15) is 5.75 Å². The van der Waals surface area contributed by atoms with Crippen molar-refractivity contribution >= 4 is 28.8 Å². The van der Waals surface area contributed by atoms with Gasteiger partial charge in [-0.1, -0.05) is 32.9 Å². The van der Waals surface area contributed by atoms with Crippen LogP contribution in [0.15, 0.2) is 53.5 Å². The third-order valence-electron chi connectivity index (χ3n) is 5.80. The Bertz CT molecular complexity index is 1270. The number of Topliss-reactive ketones (excluding diaryl/α,β-unsaturated/α-hetero) is 1. The van der Waals surface area contributed by atoms with Gasteiger partial charge in [0.2, 0.25) is 0 Å². The third-order valence-corrected chi connectivity index (χ3v) is 6.01. The Morgan fingerprint density at radius 1 is 1.00 bits per heavy atom. The van der Waals surface area contributed by atoms with Crippen LogP contribution in [0.25, 0.3) is 0 Å². The molecule has 3 aromatic rings. The fraction of sp³-hybridized carbons (Fsp3) is 0.355. The summed E-state index contributed by atoms with van der Waals surface area (Å²) in [5.74, 6) is 0.819. The van der Waals surface area contributed by atoms with Crippen LogP contribution < -0.4 is 4.74 Å². The number of benzene rings is 3. The molecule has 0 aliphatic carbocycles. The first-order valence-corrected chi connectivity index (χ1v) is 12.9. The van der Waals surface area contributed by atoms with Gasteiger partial charge in [0, 0.05) is 42.4 Å². The Balaban J connectivity index is 0.000000516. The monoisotopic (exact) mass is 798 g/mol. The van der Waals surface area contributed by atoms with Crippen molar-refractivity contribution in [1.82, 2.24) is 0 Å². The number of nitrogens with zero attached hydrogens (tertiary/aromatic N) is 1. The number of hydrogen-bond donors (Lipinski definition) is 0. The number of alkyl halides is 3. The van der Waals surface area contributed by atoms with Gasteiger partial charge in [-0.2, -0.15) is 13.2 Å². The average Bonchev–Trinajstić information content (AvgIpc) is 2.89. The van der Waals surface area contributed by atoms with Crippen LogP contribution in [0.2, 0.25) is 5.02 Å². The summed E-state index contributed by atoms with van der Waals surface area (Å²) in [6, 6.07) is 16.0. The van der Waals surface area contributed by atoms with Crippen LogP contribution in [0.1, 0.15) is 71.8 Å². The van der Waals surface area contributed by atoms with Crippen molar-refractivity contribution in [3.05, 3.63) is 93.0 Å². The largest absolute Gasteiger partial charge is 0.497 e. The number of halogens is 4. The Morgan fingerprint density at radius 3 is 2.17 bits per heavy atom. The van der Waals surface area contributed by atoms with E-state index in [4.69, 9.17) is 21.1 Å². The number of methoxy groups -OCH3 is 1. The van der Waals surface area contributed by atoms with Gasteiger partial charge in [-0.25, -0.2) is 0 Å². The zero-order chi connectivity index (χ0) is 29.2. The Labute approximate surface area is 263 Å². The van der Waals surface area contributed by atoms with E-state index < -0.39 is 11.7 Å². The molecular formula is C31H34ClF3NO3U-. The van der Waals surface area contributed by atoms with Crippen LogP contribution in [-0.2, 0) is 24.1 Å². The van der Waals surface area contributed by atoms with E-state index in [1.807, 2.05) is 52.0 Å². The molecule has 0 aliphatic heterocycles. The molecule has 40 heavy (non-hydrogen) atoms. The molecule has 3 rings (SSSR count). The second-order valence-electron chi connectivity index (χ2n) is 9.01. The van der Waals surface area contributed by atoms with E-state index in [-0.39, 0.29) is 50.1 Å². The molecule has 214 valence electrons. The predicted octanol–water partition coefficient (Wildman–Crippen LogP) is 9.28. The molecule has 0 amide bonds. The number of ketones is 1. The summed E-state index contributed by atoms with van der Waals surface area (Å²) in [7, 11) is 1.59. The first kappa shape index (κ1) is 35.9. The van der Waals surface area contributed by atoms with E-state index >= 15 is 0 Å². The molecule has 9 heteroatoms. The molecule has 3 aromatic carbocycles. The van der Waals surface area contributed by atoms with Gasteiger partial charge in [0.15, 0.2) is 0 Å². The number of rotatable bonds is 9. The van der Waals surface area contributed by atoms with E-state index in [1.54, 1.807) is 26.2 Å². The van der Waals surface area contributed by atoms with Crippen LogP contribution >= 0.6 is 11.6 Å². The zero-order valence-corrected chi connectivity index (χ0v) is 28.6. The molecule has 4 nitrogen and oxygen atoms in total. The van der Waals surface area contributed by atoms with Gasteiger partial charge in [0.05, 0.1) is 37.4 Å². The normalized spacial score (nSPS) is 11.3. The summed E-state index contributed by atoms with van der Waals surface area (Å²) in [5.41, 5.74) is 4.04. The summed E-state index contributed by atoms with van der Waals surface area (Å²) >= 11 is 5.78. The maximum atomic E-state index is 13.2. The van der Waals surface area contributed by atoms with Crippen LogP contribution in [0.4, 0.5) is 18.9 Å². The van der Waals surface area contributed by atoms with Crippen LogP contribution in [0.5, 0.6) is 5.75 Å². The minimum Gasteiger partial charge on any atom is -0.497 e. The first-order valence-electron chi connectivity index (χ1n) is 12.6. The average molecular weight is 799 g/mol. The van der Waals surface area contributed by atoms with Gasteiger partial charge < -0.3 is 14.3 Å². The predicted molar refractivity (Wildman–Crippen MR) is 150 cm³/mol. The van der Waals surface area contributed by atoms with Crippen LogP contribution in [0.3, 0.4) is 0 Å². The zero-order valence-electron chi connectivity index (χ0n) is 23.6. The van der Waals surface area contributed by atoms with Crippen molar-refractivity contribution in [3.8, 4) is 5.75 Å². The van der Waals surface area contributed by atoms with Crippen molar-refractivity contribution in [2.24, 2.45) is 4.99 Å². The molecule has 0 bridgehead atoms. The van der Waals surface area contributed by atoms with E-state index in [9.17, 15) is 18.0 Å². The van der Waals surface area contributed by atoms with Crippen molar-refractivity contribution in [2.75, 3.05) is 7.11 Å². The molecule has 0 radical (unpaired) electrons. The fourth-order valence-corrected chi connectivity index (χ4v) is 3.84. The molecule has 0 heterocycles. The number of aryl methyl sites for hydroxylation is 2. The SMILES string of the molecule is CCC(=O)c1[c-]c(C)cc(Cl)c1.CCC(C)=Nc1c(C)cc(C(F)(F)F)cc1COCc1ccc(OC)cc1.[U]. The Kier molecular flexibility index (Phi) is 15.3. The molecule has 0 aromatic heterocycles. The third kappa shape index (κ3) is 11.4. The smallest absolute Gasteiger partial charge is 0.416 e. The van der Waals surface area contributed by atoms with Crippen molar-refractivity contribution < 1.29 is 58.6 Å². The standard InChI is InChI=1S/C21H24F3NO2.C10H10ClO.U/c1-5-15(3)25-20-14(2)10-18(21(22,23)24)11-17(20)13-27-12-16-6-8-19(26-4)9-7-16;1-3-10(12)8-4-7(2)5-9(11)6-8;/h6-11H,5,12-13H2,1-4H3;5-6H,3H2,1-2H3;/q;-1;. The molecule has 0 unspecified atom stereocenters. The first-order chi connectivity index (χ1) is 18.4. The summed E-state index contributed by atoms with van der Waals surface area (Å²) in [5, 5.41) is 0.600. The van der Waals surface area contributed by atoms with Crippen LogP contribution in [-0.4, -0.2) is 18.6 Å². The van der Waals surface area contributed by atoms with Crippen LogP contribution in [0, 0.1) is 51.0 Å². The maximum Gasteiger partial charge on any atom is 0.416 e. The Morgan fingerprint density at radius 2 is 1.65 bits per heavy atom. The number of hydrogen-bond acceptors (Lipinski definition) is 4. The molecule has 0 N–H and O–H groups in total. The number of carbonyl (C=O) groups excluding carboxylic acids is 1. The summed E-state index contributed by atoms with van der Waals surface area (Å²) < 4.78 is 50.3. The van der Waals surface area contributed by atoms with Gasteiger partial charge in [-0.05, 0) is 67.1 Å². The van der Waals surface area contributed by atoms with E-state index in [2.05, 4.69) is 11.1 Å². The van der Waals surface area contributed by atoms with Gasteiger partial charge in [-0.15, -0.1) is 40.9 Å². The van der Waals surface area contributed by atoms with Crippen molar-refractivity contribution in [3.63, 3.8) is 0 Å². The topological polar surface area (TPSA) is 47.9 Å². The molecule has 0 saturated carbocycles. The second kappa shape index (κ2) is 17.0. The summed E-state index contributed by atoms with van der Waals surface area (Å²) in [6.07, 6.45) is -3.18. The van der Waals surface area contributed by atoms with Crippen molar-refractivity contribution in [2.45, 2.75) is 66.9 Å². The van der Waals surface area contributed by atoms with Gasteiger partial charge >= 0.3 is 6.18 Å². The summed E-state index contributed by atoms with van der Waals surface area (Å²) in [4.78, 5) is 15.7. The van der Waals surface area contributed by atoms with Gasteiger partial charge in [0.25, 0.3) is 0 Å². The Hall–Kier alpha value is -2.11. The minimum atomic E-state index is -4.41. The quantitative estimate of drug-likeness (QED) is 0.123. The number of carbonyl (C=O) groups is 1. The molecule has 0 fully saturated rings. The van der Waals surface area contributed by atoms with Gasteiger partial charge in [-0.3, -0.25) is 4.99 Å². The van der Waals surface area contributed by atoms with Crippen molar-refractivity contribution in [1.29, 1.82) is 0 Å². The molecular weight excluding hydrogens is 765 g/mol. The molecule has 0 spiro atoms. The fourth-order valence-electron chi connectivity index (χ4n) is 3.57. The number of ether oxygens (including phenoxy) is 2. The maximum absolute atomic E-state index is 13.2. The number of aliphatic imine (C=N–C) groups is 1. The molecule has 0 aliphatic rings. The van der Waals surface area contributed by atoms with E-state index in [0.717, 1.165) is 41.1 Å². The second-order valence-corrected chi connectivity index (χ2v) is 9.45. The molecule has 0 saturated heterocycles. The van der Waals surface area contributed by atoms with E-state index in [1.165, 1.54) is 0 Å². The van der Waals surface area contributed by atoms with E-state index in [0.29, 0.717) is 33.8 Å².